The molecule has 162 valence electrons. The number of benzene rings is 2. The van der Waals surface area contributed by atoms with Crippen LogP contribution in [0.25, 0.3) is 0 Å². The van der Waals surface area contributed by atoms with Crippen molar-refractivity contribution in [2.24, 2.45) is 0 Å². The van der Waals surface area contributed by atoms with Crippen LogP contribution >= 0.6 is 0 Å². The predicted octanol–water partition coefficient (Wildman–Crippen LogP) is 3.20. The molecule has 0 bridgehead atoms. The Bertz CT molecular complexity index is 1170. The van der Waals surface area contributed by atoms with E-state index in [1.165, 1.54) is 0 Å². The molecule has 3 heterocycles. The highest BCUT2D eigenvalue weighted by atomic mass is 16.2. The van der Waals surface area contributed by atoms with E-state index in [0.717, 1.165) is 12.1 Å². The Morgan fingerprint density at radius 3 is 2.38 bits per heavy atom. The topological polar surface area (TPSA) is 74.7 Å². The fraction of sp³-hybridized carbons (Fsp3) is 0.240. The molecule has 3 aromatic rings. The first kappa shape index (κ1) is 20.1. The van der Waals surface area contributed by atoms with Crippen molar-refractivity contribution in [3.8, 4) is 0 Å². The van der Waals surface area contributed by atoms with Crippen LogP contribution in [0.5, 0.6) is 0 Å². The second-order valence-corrected chi connectivity index (χ2v) is 8.03. The van der Waals surface area contributed by atoms with Gasteiger partial charge in [0.1, 0.15) is 6.17 Å². The molecule has 5 rings (SSSR count). The van der Waals surface area contributed by atoms with Crippen LogP contribution in [-0.2, 0) is 11.3 Å². The maximum absolute atomic E-state index is 13.3. The van der Waals surface area contributed by atoms with E-state index in [2.05, 4.69) is 5.32 Å². The number of carbonyl (C=O) groups is 3. The minimum absolute atomic E-state index is 0.0400. The second kappa shape index (κ2) is 8.34. The molecule has 1 aromatic heterocycles. The number of nitrogens with zero attached hydrogens (tertiary/aromatic N) is 3. The number of hydrogen-bond acceptors (Lipinski definition) is 3. The average Bonchev–Trinajstić information content (AvgIpc) is 3.43. The highest BCUT2D eigenvalue weighted by Gasteiger charge is 2.47. The number of amides is 3. The Balaban J connectivity index is 1.29. The molecule has 2 aliphatic heterocycles. The molecular formula is C25H24N4O3. The predicted molar refractivity (Wildman–Crippen MR) is 120 cm³/mol. The van der Waals surface area contributed by atoms with Crippen LogP contribution in [0.15, 0.2) is 73.1 Å². The van der Waals surface area contributed by atoms with E-state index in [4.69, 9.17) is 0 Å². The highest BCUT2D eigenvalue weighted by Crippen LogP contribution is 2.45. The van der Waals surface area contributed by atoms with Crippen LogP contribution in [0.2, 0.25) is 0 Å². The Labute approximate surface area is 186 Å². The second-order valence-electron chi connectivity index (χ2n) is 8.03. The molecule has 2 aromatic carbocycles. The van der Waals surface area contributed by atoms with E-state index in [0.29, 0.717) is 42.7 Å². The van der Waals surface area contributed by atoms with Crippen LogP contribution in [0.3, 0.4) is 0 Å². The fourth-order valence-electron chi connectivity index (χ4n) is 4.54. The lowest BCUT2D eigenvalue weighted by molar-refractivity contribution is -0.121. The van der Waals surface area contributed by atoms with Gasteiger partial charge in [0.05, 0.1) is 11.3 Å². The third-order valence-corrected chi connectivity index (χ3v) is 6.04. The van der Waals surface area contributed by atoms with E-state index >= 15 is 0 Å². The highest BCUT2D eigenvalue weighted by molar-refractivity contribution is 6.16. The summed E-state index contributed by atoms with van der Waals surface area (Å²) in [5.74, 6) is -0.251. The van der Waals surface area contributed by atoms with Gasteiger partial charge in [-0.15, -0.1) is 0 Å². The average molecular weight is 428 g/mol. The number of rotatable bonds is 7. The lowest BCUT2D eigenvalue weighted by atomic mass is 10.0. The molecule has 0 spiro atoms. The van der Waals surface area contributed by atoms with Crippen LogP contribution < -0.4 is 10.2 Å². The minimum Gasteiger partial charge on any atom is -0.354 e. The van der Waals surface area contributed by atoms with Gasteiger partial charge in [0.2, 0.25) is 5.91 Å². The van der Waals surface area contributed by atoms with Gasteiger partial charge in [0.25, 0.3) is 11.8 Å². The van der Waals surface area contributed by atoms with Crippen molar-refractivity contribution >= 4 is 23.4 Å². The lowest BCUT2D eigenvalue weighted by Gasteiger charge is -2.41. The fourth-order valence-corrected chi connectivity index (χ4v) is 4.54. The van der Waals surface area contributed by atoms with Gasteiger partial charge in [-0.3, -0.25) is 19.3 Å². The number of hydrogen-bond donors (Lipinski definition) is 1. The Morgan fingerprint density at radius 2 is 1.56 bits per heavy atom. The van der Waals surface area contributed by atoms with Crippen molar-refractivity contribution in [1.29, 1.82) is 0 Å². The molecular weight excluding hydrogens is 404 g/mol. The molecule has 32 heavy (non-hydrogen) atoms. The summed E-state index contributed by atoms with van der Waals surface area (Å²) in [7, 11) is 0. The van der Waals surface area contributed by atoms with Gasteiger partial charge in [0.15, 0.2) is 0 Å². The molecule has 7 nitrogen and oxygen atoms in total. The normalized spacial score (nSPS) is 16.6. The maximum atomic E-state index is 13.3. The van der Waals surface area contributed by atoms with Crippen molar-refractivity contribution < 1.29 is 14.4 Å². The van der Waals surface area contributed by atoms with Crippen molar-refractivity contribution in [3.05, 3.63) is 89.7 Å². The monoisotopic (exact) mass is 428 g/mol. The molecule has 0 saturated carbocycles. The van der Waals surface area contributed by atoms with Gasteiger partial charge < -0.3 is 14.8 Å². The quantitative estimate of drug-likeness (QED) is 0.628. The van der Waals surface area contributed by atoms with Gasteiger partial charge in [-0.2, -0.15) is 0 Å². The van der Waals surface area contributed by atoms with Crippen molar-refractivity contribution in [2.45, 2.75) is 25.6 Å². The van der Waals surface area contributed by atoms with E-state index in [9.17, 15) is 14.4 Å². The summed E-state index contributed by atoms with van der Waals surface area (Å²) in [6.07, 6.45) is 4.28. The Kier molecular flexibility index (Phi) is 5.23. The van der Waals surface area contributed by atoms with Crippen LogP contribution in [0, 0.1) is 0 Å². The van der Waals surface area contributed by atoms with Gasteiger partial charge in [0, 0.05) is 49.6 Å². The standard InChI is InChI=1S/C25H24N4O3/c30-22(26-13-17-27-14-5-6-15-27)12-7-16-28-23-18-8-1-2-9-19(18)25(32)29(23)21-11-4-3-10-20(21)24(28)31/h1-6,8-11,14-15,23H,7,12-13,16-17H2,(H,26,30)/t23-/m1/s1. The van der Waals surface area contributed by atoms with Crippen molar-refractivity contribution in [2.75, 3.05) is 18.0 Å². The third kappa shape index (κ3) is 3.45. The number of para-hydroxylation sites is 1. The molecule has 3 amide bonds. The molecule has 0 radical (unpaired) electrons. The number of nitrogens with one attached hydrogen (secondary N) is 1. The zero-order chi connectivity index (χ0) is 22.1. The number of carbonyl (C=O) groups excluding carboxylic acids is 3. The maximum Gasteiger partial charge on any atom is 0.260 e. The Morgan fingerprint density at radius 1 is 0.844 bits per heavy atom. The molecule has 1 atom stereocenters. The first-order valence-corrected chi connectivity index (χ1v) is 10.8. The lowest BCUT2D eigenvalue weighted by Crippen LogP contribution is -2.48. The molecule has 0 unspecified atom stereocenters. The van der Waals surface area contributed by atoms with E-state index in [-0.39, 0.29) is 17.7 Å². The summed E-state index contributed by atoms with van der Waals surface area (Å²) in [5.41, 5.74) is 2.61. The van der Waals surface area contributed by atoms with Crippen molar-refractivity contribution in [3.63, 3.8) is 0 Å². The van der Waals surface area contributed by atoms with E-state index in [1.807, 2.05) is 59.4 Å². The summed E-state index contributed by atoms with van der Waals surface area (Å²) in [6.45, 7) is 1.67. The summed E-state index contributed by atoms with van der Waals surface area (Å²) in [6, 6.07) is 18.6. The molecule has 0 fully saturated rings. The van der Waals surface area contributed by atoms with Gasteiger partial charge in [-0.1, -0.05) is 30.3 Å². The molecule has 1 N–H and O–H groups in total. The molecule has 0 aliphatic carbocycles. The van der Waals surface area contributed by atoms with Gasteiger partial charge in [-0.25, -0.2) is 0 Å². The van der Waals surface area contributed by atoms with Crippen LogP contribution in [-0.4, -0.2) is 40.3 Å². The van der Waals surface area contributed by atoms with Gasteiger partial charge >= 0.3 is 0 Å². The van der Waals surface area contributed by atoms with E-state index < -0.39 is 6.17 Å². The Hall–Kier alpha value is -3.87. The zero-order valence-corrected chi connectivity index (χ0v) is 17.6. The summed E-state index contributed by atoms with van der Waals surface area (Å²) < 4.78 is 2.01. The number of anilines is 1. The molecule has 7 heteroatoms. The smallest absolute Gasteiger partial charge is 0.260 e. The third-order valence-electron chi connectivity index (χ3n) is 6.04. The summed E-state index contributed by atoms with van der Waals surface area (Å²) in [4.78, 5) is 42.2. The van der Waals surface area contributed by atoms with Crippen LogP contribution in [0.4, 0.5) is 5.69 Å². The van der Waals surface area contributed by atoms with E-state index in [1.54, 1.807) is 28.0 Å². The molecule has 0 saturated heterocycles. The molecule has 2 aliphatic rings. The summed E-state index contributed by atoms with van der Waals surface area (Å²) >= 11 is 0. The first-order valence-electron chi connectivity index (χ1n) is 10.8. The SMILES string of the molecule is O=C(CCCN1C(=O)c2ccccc2N2C(=O)c3ccccc3[C@H]12)NCCn1cccc1. The largest absolute Gasteiger partial charge is 0.354 e. The number of aromatic nitrogens is 1. The van der Waals surface area contributed by atoms with Gasteiger partial charge in [-0.05, 0) is 36.8 Å². The first-order chi connectivity index (χ1) is 15.6. The summed E-state index contributed by atoms with van der Waals surface area (Å²) in [5, 5.41) is 2.93. The number of fused-ring (bicyclic) bond motifs is 5. The zero-order valence-electron chi connectivity index (χ0n) is 17.6. The van der Waals surface area contributed by atoms with Crippen LogP contribution in [0.1, 0.15) is 45.3 Å². The van der Waals surface area contributed by atoms with Crippen molar-refractivity contribution in [1.82, 2.24) is 14.8 Å². The minimum atomic E-state index is -0.474.